The number of halogens is 3. The lowest BCUT2D eigenvalue weighted by Crippen LogP contribution is -2.39. The second-order valence-electron chi connectivity index (χ2n) is 11.9. The summed E-state index contributed by atoms with van der Waals surface area (Å²) in [6.45, 7) is 3.10. The quantitative estimate of drug-likeness (QED) is 0.118. The van der Waals surface area contributed by atoms with Gasteiger partial charge in [0.05, 0.1) is 28.3 Å². The Morgan fingerprint density at radius 3 is 2.70 bits per heavy atom. The number of rotatable bonds is 11. The predicted molar refractivity (Wildman–Crippen MR) is 174 cm³/mol. The fourth-order valence-corrected chi connectivity index (χ4v) is 6.28. The second-order valence-corrected chi connectivity index (χ2v) is 12.3. The highest BCUT2D eigenvalue weighted by Gasteiger charge is 2.25. The summed E-state index contributed by atoms with van der Waals surface area (Å²) in [6.07, 6.45) is 7.69. The van der Waals surface area contributed by atoms with Gasteiger partial charge in [-0.1, -0.05) is 30.2 Å². The molecule has 234 valence electrons. The maximum Gasteiger partial charge on any atom is 0.354 e. The maximum atomic E-state index is 15.1. The molecule has 11 heteroatoms. The van der Waals surface area contributed by atoms with Gasteiger partial charge in [-0.25, -0.2) is 13.6 Å². The number of hydrogen-bond donors (Lipinski definition) is 4. The lowest BCUT2D eigenvalue weighted by molar-refractivity contribution is 0.283. The Kier molecular flexibility index (Phi) is 10.1. The van der Waals surface area contributed by atoms with Crippen molar-refractivity contribution in [2.75, 3.05) is 6.67 Å². The van der Waals surface area contributed by atoms with Crippen LogP contribution in [-0.4, -0.2) is 45.2 Å². The number of amidine groups is 1. The first-order valence-corrected chi connectivity index (χ1v) is 15.6. The molecule has 4 aromatic rings. The average Bonchev–Trinajstić information content (AvgIpc) is 3.40. The van der Waals surface area contributed by atoms with Gasteiger partial charge in [0.15, 0.2) is 5.82 Å². The minimum absolute atomic E-state index is 0.0461. The van der Waals surface area contributed by atoms with Crippen molar-refractivity contribution < 1.29 is 8.78 Å². The standard InChI is InChI=1S/C33H40ClF2N7O/c1-19(37)5-3-6-21-13-27(31(36)28(34)14-21)30-15-23-18-43(33(44)42-32(23)41-30)26-11-9-22(10-12-26)29-8-4-7-24(40-29)16-25(17-35)39-20(2)38/h9-15,18-19,24-25,29,40H,3-8,16-17,37H2,1-2H3,(H2,38,39)(H,41,42,44)/t19-,24-,25-,29-/m0/s1. The summed E-state index contributed by atoms with van der Waals surface area (Å²) in [5.41, 5.74) is 15.0. The number of hydrogen-bond acceptors (Lipinski definition) is 5. The molecule has 0 bridgehead atoms. The Morgan fingerprint density at radius 2 is 2.00 bits per heavy atom. The molecule has 1 saturated heterocycles. The van der Waals surface area contributed by atoms with E-state index in [0.29, 0.717) is 40.2 Å². The number of nitrogens with one attached hydrogen (secondary N) is 2. The molecule has 3 heterocycles. The molecule has 0 saturated carbocycles. The number of nitrogens with zero attached hydrogens (tertiary/aromatic N) is 3. The zero-order valence-electron chi connectivity index (χ0n) is 25.1. The van der Waals surface area contributed by atoms with E-state index in [1.165, 1.54) is 4.57 Å². The largest absolute Gasteiger partial charge is 0.388 e. The summed E-state index contributed by atoms with van der Waals surface area (Å²) in [6, 6.07) is 12.9. The van der Waals surface area contributed by atoms with Crippen LogP contribution >= 0.6 is 11.6 Å². The minimum Gasteiger partial charge on any atom is -0.388 e. The third kappa shape index (κ3) is 7.54. The molecule has 2 aromatic heterocycles. The third-order valence-corrected chi connectivity index (χ3v) is 8.46. The molecule has 1 aliphatic heterocycles. The summed E-state index contributed by atoms with van der Waals surface area (Å²) in [5, 5.41) is 4.35. The van der Waals surface area contributed by atoms with Gasteiger partial charge < -0.3 is 21.8 Å². The number of aromatic amines is 1. The Balaban J connectivity index is 1.35. The molecular formula is C33H40ClF2N7O. The van der Waals surface area contributed by atoms with E-state index in [9.17, 15) is 9.18 Å². The first-order valence-electron chi connectivity index (χ1n) is 15.2. The number of aromatic nitrogens is 3. The molecule has 8 nitrogen and oxygen atoms in total. The number of nitrogens with two attached hydrogens (primary N) is 2. The van der Waals surface area contributed by atoms with Crippen LogP contribution in [0, 0.1) is 5.82 Å². The van der Waals surface area contributed by atoms with Gasteiger partial charge in [-0.2, -0.15) is 4.98 Å². The van der Waals surface area contributed by atoms with Gasteiger partial charge in [0.1, 0.15) is 12.3 Å². The van der Waals surface area contributed by atoms with E-state index in [2.05, 4.69) is 20.3 Å². The number of H-pyrrole nitrogens is 1. The van der Waals surface area contributed by atoms with Gasteiger partial charge in [0.2, 0.25) is 0 Å². The summed E-state index contributed by atoms with van der Waals surface area (Å²) >= 11 is 6.25. The van der Waals surface area contributed by atoms with E-state index in [0.717, 1.165) is 49.7 Å². The van der Waals surface area contributed by atoms with Gasteiger partial charge in [-0.15, -0.1) is 0 Å². The average molecular weight is 624 g/mol. The van der Waals surface area contributed by atoms with Crippen molar-refractivity contribution in [1.29, 1.82) is 0 Å². The van der Waals surface area contributed by atoms with Crippen LogP contribution in [0.2, 0.25) is 5.02 Å². The maximum absolute atomic E-state index is 15.1. The van der Waals surface area contributed by atoms with Crippen molar-refractivity contribution in [3.63, 3.8) is 0 Å². The van der Waals surface area contributed by atoms with Crippen molar-refractivity contribution in [3.8, 4) is 16.9 Å². The molecule has 0 radical (unpaired) electrons. The third-order valence-electron chi connectivity index (χ3n) is 8.19. The number of aliphatic imine (C=N–C) groups is 1. The first-order chi connectivity index (χ1) is 21.1. The summed E-state index contributed by atoms with van der Waals surface area (Å²) < 4.78 is 30.1. The molecular weight excluding hydrogens is 584 g/mol. The number of aryl methyl sites for hydroxylation is 1. The van der Waals surface area contributed by atoms with Crippen molar-refractivity contribution in [3.05, 3.63) is 81.1 Å². The van der Waals surface area contributed by atoms with Crippen LogP contribution in [-0.2, 0) is 6.42 Å². The Hall–Kier alpha value is -3.60. The van der Waals surface area contributed by atoms with Gasteiger partial charge in [0, 0.05) is 35.3 Å². The summed E-state index contributed by atoms with van der Waals surface area (Å²) in [5.74, 6) is -0.134. The van der Waals surface area contributed by atoms with Crippen molar-refractivity contribution in [1.82, 2.24) is 19.9 Å². The number of alkyl halides is 1. The minimum atomic E-state index is -0.536. The fraction of sp³-hybridized carbons (Fsp3) is 0.424. The molecule has 0 spiro atoms. The topological polar surface area (TPSA) is 127 Å². The summed E-state index contributed by atoms with van der Waals surface area (Å²) in [7, 11) is 0. The van der Waals surface area contributed by atoms with E-state index >= 15 is 4.39 Å². The van der Waals surface area contributed by atoms with E-state index in [1.807, 2.05) is 31.2 Å². The molecule has 6 N–H and O–H groups in total. The number of benzene rings is 2. The summed E-state index contributed by atoms with van der Waals surface area (Å²) in [4.78, 5) is 24.6. The van der Waals surface area contributed by atoms with E-state index < -0.39 is 24.2 Å². The highest BCUT2D eigenvalue weighted by atomic mass is 35.5. The van der Waals surface area contributed by atoms with Crippen LogP contribution in [0.4, 0.5) is 8.78 Å². The zero-order valence-corrected chi connectivity index (χ0v) is 25.9. The van der Waals surface area contributed by atoms with Crippen LogP contribution in [0.5, 0.6) is 0 Å². The van der Waals surface area contributed by atoms with Gasteiger partial charge in [0.25, 0.3) is 0 Å². The molecule has 4 atom stereocenters. The first kappa shape index (κ1) is 31.8. The van der Waals surface area contributed by atoms with E-state index in [-0.39, 0.29) is 23.1 Å². The SMILES string of the molecule is CC(N)=N[C@H](CF)C[C@@H]1CCC[C@@H](c2ccc(-n3cc4cc(-c5cc(CCC[C@H](C)N)cc(Cl)c5F)[nH]c4nc3=O)cc2)N1. The highest BCUT2D eigenvalue weighted by Crippen LogP contribution is 2.32. The zero-order chi connectivity index (χ0) is 31.4. The van der Waals surface area contributed by atoms with Crippen LogP contribution < -0.4 is 22.5 Å². The van der Waals surface area contributed by atoms with Crippen LogP contribution in [0.1, 0.15) is 69.5 Å². The lowest BCUT2D eigenvalue weighted by atomic mass is 9.90. The number of fused-ring (bicyclic) bond motifs is 1. The van der Waals surface area contributed by atoms with Crippen LogP contribution in [0.25, 0.3) is 28.0 Å². The lowest BCUT2D eigenvalue weighted by Gasteiger charge is -2.32. The van der Waals surface area contributed by atoms with Gasteiger partial charge >= 0.3 is 5.69 Å². The smallest absolute Gasteiger partial charge is 0.354 e. The van der Waals surface area contributed by atoms with Gasteiger partial charge in [-0.3, -0.25) is 9.56 Å². The highest BCUT2D eigenvalue weighted by molar-refractivity contribution is 6.31. The van der Waals surface area contributed by atoms with Crippen molar-refractivity contribution >= 4 is 28.5 Å². The molecule has 0 amide bonds. The molecule has 2 aromatic carbocycles. The molecule has 44 heavy (non-hydrogen) atoms. The molecule has 1 fully saturated rings. The monoisotopic (exact) mass is 623 g/mol. The predicted octanol–water partition coefficient (Wildman–Crippen LogP) is 6.13. The Labute approximate surface area is 260 Å². The number of piperidine rings is 1. The van der Waals surface area contributed by atoms with E-state index in [4.69, 9.17) is 23.1 Å². The van der Waals surface area contributed by atoms with Crippen molar-refractivity contribution in [2.24, 2.45) is 16.5 Å². The molecule has 5 rings (SSSR count). The molecule has 0 aliphatic carbocycles. The van der Waals surface area contributed by atoms with Crippen LogP contribution in [0.3, 0.4) is 0 Å². The van der Waals surface area contributed by atoms with Crippen molar-refractivity contribution in [2.45, 2.75) is 83.0 Å². The van der Waals surface area contributed by atoms with Crippen LogP contribution in [0.15, 0.2) is 58.4 Å². The van der Waals surface area contributed by atoms with E-state index in [1.54, 1.807) is 31.3 Å². The van der Waals surface area contributed by atoms with Gasteiger partial charge in [-0.05, 0) is 93.8 Å². The Morgan fingerprint density at radius 1 is 1.23 bits per heavy atom. The normalized spacial score (nSPS) is 18.9. The second kappa shape index (κ2) is 14.0. The molecule has 1 aliphatic rings. The molecule has 0 unspecified atom stereocenters. The fourth-order valence-electron chi connectivity index (χ4n) is 6.04. The Bertz CT molecular complexity index is 1680.